The van der Waals surface area contributed by atoms with Gasteiger partial charge in [0, 0.05) is 53.3 Å². The van der Waals surface area contributed by atoms with Gasteiger partial charge in [0.05, 0.1) is 5.02 Å². The molecule has 1 aromatic carbocycles. The third-order valence-electron chi connectivity index (χ3n) is 4.63. The Morgan fingerprint density at radius 3 is 2.84 bits per heavy atom. The monoisotopic (exact) mass is 426 g/mol. The molecule has 1 fully saturated rings. The van der Waals surface area contributed by atoms with E-state index >= 15 is 0 Å². The number of anilines is 1. The van der Waals surface area contributed by atoms with Crippen LogP contribution in [0.3, 0.4) is 0 Å². The maximum Gasteiger partial charge on any atom is 0.213 e. The zero-order valence-electron chi connectivity index (χ0n) is 14.1. The second-order valence-electron chi connectivity index (χ2n) is 6.23. The highest BCUT2D eigenvalue weighted by Crippen LogP contribution is 2.39. The van der Waals surface area contributed by atoms with Crippen LogP contribution >= 0.6 is 27.5 Å². The van der Waals surface area contributed by atoms with Gasteiger partial charge in [0.2, 0.25) is 5.95 Å². The summed E-state index contributed by atoms with van der Waals surface area (Å²) in [5.41, 5.74) is 3.77. The maximum absolute atomic E-state index is 13.7. The molecule has 6 heteroatoms. The molecule has 3 rings (SSSR count). The molecule has 2 heterocycles. The quantitative estimate of drug-likeness (QED) is 0.621. The molecule has 1 aliphatic rings. The van der Waals surface area contributed by atoms with Crippen LogP contribution in [-0.2, 0) is 11.2 Å². The van der Waals surface area contributed by atoms with E-state index in [1.165, 1.54) is 12.3 Å². The minimum absolute atomic E-state index is 0.443. The third kappa shape index (κ3) is 4.33. The van der Waals surface area contributed by atoms with Crippen LogP contribution in [0, 0.1) is 11.9 Å². The van der Waals surface area contributed by atoms with Crippen LogP contribution in [0.25, 0.3) is 11.1 Å². The van der Waals surface area contributed by atoms with E-state index in [1.807, 2.05) is 6.07 Å². The first-order chi connectivity index (χ1) is 12.1. The lowest BCUT2D eigenvalue weighted by molar-refractivity contribution is 0.0699. The van der Waals surface area contributed by atoms with Crippen molar-refractivity contribution < 1.29 is 9.13 Å². The number of hydrogen-bond donors (Lipinski definition) is 1. The summed E-state index contributed by atoms with van der Waals surface area (Å²) in [5, 5.41) is 4.02. The second-order valence-corrected chi connectivity index (χ2v) is 7.49. The molecule has 1 aromatic heterocycles. The van der Waals surface area contributed by atoms with E-state index in [4.69, 9.17) is 16.3 Å². The molecule has 1 N–H and O–H groups in total. The Kier molecular flexibility index (Phi) is 6.31. The first kappa shape index (κ1) is 18.6. The van der Waals surface area contributed by atoms with Crippen molar-refractivity contribution in [3.05, 3.63) is 45.4 Å². The molecule has 0 spiro atoms. The number of nitrogens with one attached hydrogen (secondary N) is 1. The van der Waals surface area contributed by atoms with Crippen molar-refractivity contribution in [1.29, 1.82) is 0 Å². The standard InChI is InChI=1S/C19H21BrClFN2O/c1-2-13-17(23-10-12-5-7-25-8-6-12)4-3-15(20)19(13)14-9-18(22)24-11-16(14)21/h3-4,9,11-12,23H,2,5-8,10H2,1H3. The van der Waals surface area contributed by atoms with E-state index in [0.717, 1.165) is 60.3 Å². The number of halogens is 3. The van der Waals surface area contributed by atoms with E-state index < -0.39 is 5.95 Å². The highest BCUT2D eigenvalue weighted by atomic mass is 79.9. The molecule has 0 bridgehead atoms. The summed E-state index contributed by atoms with van der Waals surface area (Å²) < 4.78 is 20.0. The Balaban J connectivity index is 1.94. The molecule has 25 heavy (non-hydrogen) atoms. The molecule has 134 valence electrons. The van der Waals surface area contributed by atoms with Crippen molar-refractivity contribution in [2.45, 2.75) is 26.2 Å². The summed E-state index contributed by atoms with van der Waals surface area (Å²) in [6.07, 6.45) is 4.34. The van der Waals surface area contributed by atoms with Gasteiger partial charge in [0.25, 0.3) is 0 Å². The SMILES string of the molecule is CCc1c(NCC2CCOCC2)ccc(Br)c1-c1cc(F)ncc1Cl. The van der Waals surface area contributed by atoms with E-state index in [-0.39, 0.29) is 0 Å². The summed E-state index contributed by atoms with van der Waals surface area (Å²) in [4.78, 5) is 3.63. The average molecular weight is 428 g/mol. The van der Waals surface area contributed by atoms with E-state index in [2.05, 4.69) is 39.2 Å². The highest BCUT2D eigenvalue weighted by molar-refractivity contribution is 9.10. The van der Waals surface area contributed by atoms with Crippen LogP contribution < -0.4 is 5.32 Å². The van der Waals surface area contributed by atoms with Gasteiger partial charge in [-0.3, -0.25) is 0 Å². The summed E-state index contributed by atoms with van der Waals surface area (Å²) in [6.45, 7) is 4.68. The number of rotatable bonds is 5. The van der Waals surface area contributed by atoms with Crippen molar-refractivity contribution in [2.24, 2.45) is 5.92 Å². The number of pyridine rings is 1. The molecule has 0 radical (unpaired) electrons. The van der Waals surface area contributed by atoms with E-state index in [1.54, 1.807) is 0 Å². The Morgan fingerprint density at radius 1 is 1.36 bits per heavy atom. The number of nitrogens with zero attached hydrogens (tertiary/aromatic N) is 1. The van der Waals surface area contributed by atoms with Crippen molar-refractivity contribution in [3.8, 4) is 11.1 Å². The Hall–Kier alpha value is -1.17. The molecule has 3 nitrogen and oxygen atoms in total. The van der Waals surface area contributed by atoms with Crippen molar-refractivity contribution in [2.75, 3.05) is 25.1 Å². The van der Waals surface area contributed by atoms with Gasteiger partial charge in [-0.25, -0.2) is 4.98 Å². The molecule has 0 amide bonds. The van der Waals surface area contributed by atoms with Crippen molar-refractivity contribution >= 4 is 33.2 Å². The minimum atomic E-state index is -0.533. The van der Waals surface area contributed by atoms with Gasteiger partial charge in [-0.2, -0.15) is 4.39 Å². The normalized spacial score (nSPS) is 15.4. The first-order valence-electron chi connectivity index (χ1n) is 8.54. The summed E-state index contributed by atoms with van der Waals surface area (Å²) >= 11 is 9.90. The van der Waals surface area contributed by atoms with Crippen LogP contribution in [-0.4, -0.2) is 24.7 Å². The van der Waals surface area contributed by atoms with Gasteiger partial charge >= 0.3 is 0 Å². The first-order valence-corrected chi connectivity index (χ1v) is 9.71. The summed E-state index contributed by atoms with van der Waals surface area (Å²) in [7, 11) is 0. The van der Waals surface area contributed by atoms with Crippen LogP contribution in [0.2, 0.25) is 5.02 Å². The maximum atomic E-state index is 13.7. The number of hydrogen-bond acceptors (Lipinski definition) is 3. The minimum Gasteiger partial charge on any atom is -0.385 e. The molecular formula is C19H21BrClFN2O. The number of ether oxygens (including phenoxy) is 1. The fourth-order valence-corrected chi connectivity index (χ4v) is 4.04. The molecule has 0 saturated carbocycles. The van der Waals surface area contributed by atoms with Crippen LogP contribution in [0.4, 0.5) is 10.1 Å². The van der Waals surface area contributed by atoms with Gasteiger partial charge in [-0.15, -0.1) is 0 Å². The Labute approximate surface area is 161 Å². The lowest BCUT2D eigenvalue weighted by Crippen LogP contribution is -2.23. The van der Waals surface area contributed by atoms with Crippen LogP contribution in [0.1, 0.15) is 25.3 Å². The fraction of sp³-hybridized carbons (Fsp3) is 0.421. The predicted molar refractivity (Wildman–Crippen MR) is 104 cm³/mol. The molecule has 0 aliphatic carbocycles. The van der Waals surface area contributed by atoms with Gasteiger partial charge in [-0.05, 0) is 42.9 Å². The zero-order valence-corrected chi connectivity index (χ0v) is 16.5. The van der Waals surface area contributed by atoms with Gasteiger partial charge in [-0.1, -0.05) is 34.5 Å². The van der Waals surface area contributed by atoms with Gasteiger partial charge in [0.1, 0.15) is 0 Å². The fourth-order valence-electron chi connectivity index (χ4n) is 3.25. The molecule has 2 aromatic rings. The Bertz CT molecular complexity index is 750. The molecule has 0 unspecified atom stereocenters. The van der Waals surface area contributed by atoms with E-state index in [0.29, 0.717) is 16.5 Å². The third-order valence-corrected chi connectivity index (χ3v) is 5.59. The van der Waals surface area contributed by atoms with Crippen molar-refractivity contribution in [3.63, 3.8) is 0 Å². The summed E-state index contributed by atoms with van der Waals surface area (Å²) in [5.74, 6) is 0.0847. The molecular weight excluding hydrogens is 407 g/mol. The average Bonchev–Trinajstić information content (AvgIpc) is 2.63. The van der Waals surface area contributed by atoms with Crippen LogP contribution in [0.5, 0.6) is 0 Å². The Morgan fingerprint density at radius 2 is 2.12 bits per heavy atom. The largest absolute Gasteiger partial charge is 0.385 e. The molecule has 0 atom stereocenters. The predicted octanol–water partition coefficient (Wildman–Crippen LogP) is 5.70. The second kappa shape index (κ2) is 8.47. The molecule has 1 aliphatic heterocycles. The summed E-state index contributed by atoms with van der Waals surface area (Å²) in [6, 6.07) is 5.44. The van der Waals surface area contributed by atoms with Crippen molar-refractivity contribution in [1.82, 2.24) is 4.98 Å². The zero-order chi connectivity index (χ0) is 17.8. The van der Waals surface area contributed by atoms with E-state index in [9.17, 15) is 4.39 Å². The van der Waals surface area contributed by atoms with Gasteiger partial charge < -0.3 is 10.1 Å². The smallest absolute Gasteiger partial charge is 0.213 e. The number of benzene rings is 1. The highest BCUT2D eigenvalue weighted by Gasteiger charge is 2.18. The lowest BCUT2D eigenvalue weighted by atomic mass is 9.96. The lowest BCUT2D eigenvalue weighted by Gasteiger charge is -2.24. The molecule has 1 saturated heterocycles. The topological polar surface area (TPSA) is 34.1 Å². The number of aromatic nitrogens is 1. The van der Waals surface area contributed by atoms with Crippen LogP contribution in [0.15, 0.2) is 28.9 Å². The van der Waals surface area contributed by atoms with Gasteiger partial charge in [0.15, 0.2) is 0 Å².